The van der Waals surface area contributed by atoms with Crippen LogP contribution in [0, 0.1) is 0 Å². The molecule has 5 heteroatoms. The van der Waals surface area contributed by atoms with Crippen LogP contribution in [0.5, 0.6) is 0 Å². The first-order chi connectivity index (χ1) is 19.1. The first-order valence-corrected chi connectivity index (χ1v) is 14.7. The third-order valence-electron chi connectivity index (χ3n) is 8.00. The van der Waals surface area contributed by atoms with E-state index in [9.17, 15) is 8.42 Å². The second-order valence-electron chi connectivity index (χ2n) is 10.1. The normalized spacial score (nSPS) is 17.3. The van der Waals surface area contributed by atoms with Crippen molar-refractivity contribution in [3.63, 3.8) is 0 Å². The largest absolute Gasteiger partial charge is 0.296 e. The summed E-state index contributed by atoms with van der Waals surface area (Å²) in [4.78, 5) is 0. The van der Waals surface area contributed by atoms with Crippen molar-refractivity contribution in [2.45, 2.75) is 11.7 Å². The van der Waals surface area contributed by atoms with Gasteiger partial charge in [-0.25, -0.2) is 12.4 Å². The molecule has 4 nitrogen and oxygen atoms in total. The number of hydrogen-bond donors (Lipinski definition) is 0. The molecule has 4 aromatic carbocycles. The van der Waals surface area contributed by atoms with E-state index in [-0.39, 0.29) is 0 Å². The Labute approximate surface area is 226 Å². The minimum Gasteiger partial charge on any atom is -0.296 e. The Morgan fingerprint density at radius 2 is 1.33 bits per heavy atom. The summed E-state index contributed by atoms with van der Waals surface area (Å²) in [6.45, 7) is 0. The number of hydrogen-bond acceptors (Lipinski definition) is 2. The predicted octanol–water partition coefficient (Wildman–Crippen LogP) is 7.96. The third-order valence-corrected chi connectivity index (χ3v) is 10.0. The summed E-state index contributed by atoms with van der Waals surface area (Å²) in [7, 11) is -3.70. The highest BCUT2D eigenvalue weighted by molar-refractivity contribution is 7.91. The number of benzene rings is 4. The maximum Gasteiger partial charge on any atom is 0.249 e. The Morgan fingerprint density at radius 1 is 0.692 bits per heavy atom. The molecular formula is C34H24N2O2S. The molecule has 1 unspecified atom stereocenters. The van der Waals surface area contributed by atoms with Gasteiger partial charge in [0.2, 0.25) is 10.0 Å². The monoisotopic (exact) mass is 524 g/mol. The van der Waals surface area contributed by atoms with E-state index in [0.717, 1.165) is 55.5 Å². The van der Waals surface area contributed by atoms with E-state index in [1.807, 2.05) is 85.0 Å². The molecule has 0 radical (unpaired) electrons. The number of fused-ring (bicyclic) bond motifs is 5. The van der Waals surface area contributed by atoms with Crippen LogP contribution in [-0.4, -0.2) is 22.2 Å². The van der Waals surface area contributed by atoms with Gasteiger partial charge in [-0.1, -0.05) is 109 Å². The highest BCUT2D eigenvalue weighted by Crippen LogP contribution is 2.51. The Kier molecular flexibility index (Phi) is 4.70. The molecule has 3 heterocycles. The minimum atomic E-state index is -3.70. The lowest BCUT2D eigenvalue weighted by atomic mass is 9.96. The van der Waals surface area contributed by atoms with Crippen molar-refractivity contribution in [1.29, 1.82) is 0 Å². The van der Waals surface area contributed by atoms with Crippen molar-refractivity contribution in [3.8, 4) is 33.5 Å². The van der Waals surface area contributed by atoms with E-state index in [1.54, 1.807) is 3.97 Å². The lowest BCUT2D eigenvalue weighted by Crippen LogP contribution is -2.35. The summed E-state index contributed by atoms with van der Waals surface area (Å²) in [5.74, 6) is 0. The molecular weight excluding hydrogens is 500 g/mol. The van der Waals surface area contributed by atoms with Crippen LogP contribution in [0.15, 0.2) is 127 Å². The molecule has 1 aliphatic heterocycles. The second kappa shape index (κ2) is 8.19. The summed E-state index contributed by atoms with van der Waals surface area (Å²) in [5, 5.41) is 1.25. The fourth-order valence-corrected chi connectivity index (χ4v) is 8.27. The zero-order chi connectivity index (χ0) is 26.1. The van der Waals surface area contributed by atoms with Crippen LogP contribution in [0.3, 0.4) is 0 Å². The highest BCUT2D eigenvalue weighted by atomic mass is 32.2. The van der Waals surface area contributed by atoms with Crippen LogP contribution in [0.4, 0.5) is 0 Å². The lowest BCUT2D eigenvalue weighted by Gasteiger charge is -2.30. The van der Waals surface area contributed by atoms with Gasteiger partial charge in [0.25, 0.3) is 0 Å². The Balaban J connectivity index is 1.63. The third kappa shape index (κ3) is 3.08. The van der Waals surface area contributed by atoms with Gasteiger partial charge in [-0.05, 0) is 46.9 Å². The predicted molar refractivity (Wildman–Crippen MR) is 160 cm³/mol. The summed E-state index contributed by atoms with van der Waals surface area (Å²) in [5.41, 5.74) is 8.59. The van der Waals surface area contributed by atoms with Crippen LogP contribution in [0.2, 0.25) is 0 Å². The van der Waals surface area contributed by atoms with Crippen LogP contribution in [0.25, 0.3) is 61.1 Å². The Morgan fingerprint density at radius 3 is 2.03 bits per heavy atom. The number of rotatable bonds is 3. The van der Waals surface area contributed by atoms with Gasteiger partial charge in [0.05, 0.1) is 11.2 Å². The first-order valence-electron chi connectivity index (χ1n) is 13.2. The number of nitrogens with zero attached hydrogens (tertiary/aromatic N) is 2. The van der Waals surface area contributed by atoms with Crippen molar-refractivity contribution in [3.05, 3.63) is 127 Å². The molecule has 1 atom stereocenters. The van der Waals surface area contributed by atoms with Gasteiger partial charge in [0.1, 0.15) is 10.9 Å². The fraction of sp³-hybridized carbons (Fsp3) is 0.0588. The van der Waals surface area contributed by atoms with E-state index >= 15 is 0 Å². The maximum absolute atomic E-state index is 14.3. The van der Waals surface area contributed by atoms with Gasteiger partial charge < -0.3 is 0 Å². The highest BCUT2D eigenvalue weighted by Gasteiger charge is 2.43. The van der Waals surface area contributed by atoms with Crippen molar-refractivity contribution in [2.24, 2.45) is 0 Å². The van der Waals surface area contributed by atoms with Gasteiger partial charge in [-0.3, -0.25) is 4.57 Å². The molecule has 39 heavy (non-hydrogen) atoms. The van der Waals surface area contributed by atoms with Gasteiger partial charge >= 0.3 is 0 Å². The number of allylic oxidation sites excluding steroid dienone is 3. The average Bonchev–Trinajstić information content (AvgIpc) is 3.51. The van der Waals surface area contributed by atoms with E-state index in [1.165, 1.54) is 0 Å². The maximum atomic E-state index is 14.3. The summed E-state index contributed by atoms with van der Waals surface area (Å²) < 4.78 is 32.5. The zero-order valence-electron chi connectivity index (χ0n) is 21.0. The molecule has 8 rings (SSSR count). The molecule has 0 bridgehead atoms. The van der Waals surface area contributed by atoms with Crippen LogP contribution >= 0.6 is 0 Å². The van der Waals surface area contributed by atoms with Gasteiger partial charge in [-0.15, -0.1) is 0 Å². The standard InChI is InChI=1S/C34H24N2O2S/c37-39(38)30-19-11-10-18-29(30)35-33(25-16-8-3-9-17-25)31(24-14-6-2-7-15-24)32-27-22-26(23-12-4-1-5-13-23)20-21-28(27)36(39)34(32)35/h1-18,20-22,30H,19H2. The Bertz CT molecular complexity index is 2080. The quantitative estimate of drug-likeness (QED) is 0.236. The van der Waals surface area contributed by atoms with Gasteiger partial charge in [0.15, 0.2) is 0 Å². The first kappa shape index (κ1) is 22.4. The molecule has 1 aliphatic carbocycles. The molecule has 0 amide bonds. The molecule has 6 aromatic rings. The molecule has 0 saturated heterocycles. The van der Waals surface area contributed by atoms with Crippen molar-refractivity contribution < 1.29 is 8.42 Å². The van der Waals surface area contributed by atoms with Crippen LogP contribution in [0.1, 0.15) is 6.42 Å². The van der Waals surface area contributed by atoms with Crippen molar-refractivity contribution in [2.75, 3.05) is 0 Å². The van der Waals surface area contributed by atoms with E-state index in [2.05, 4.69) is 47.0 Å². The topological polar surface area (TPSA) is 44.0 Å². The van der Waals surface area contributed by atoms with Crippen molar-refractivity contribution >= 4 is 37.7 Å². The molecule has 188 valence electrons. The lowest BCUT2D eigenvalue weighted by molar-refractivity contribution is 0.578. The summed E-state index contributed by atoms with van der Waals surface area (Å²) in [6, 6.07) is 37.1. The average molecular weight is 525 g/mol. The SMILES string of the molecule is O=S1(=O)C2CC=CC=C2n2c(-c3ccccc3)c(-c3ccccc3)c3c4cc(-c5ccccc5)ccc4n1c32. The second-order valence-corrected chi connectivity index (χ2v) is 12.1. The molecule has 2 aliphatic rings. The zero-order valence-corrected chi connectivity index (χ0v) is 21.8. The van der Waals surface area contributed by atoms with Crippen LogP contribution < -0.4 is 0 Å². The van der Waals surface area contributed by atoms with Crippen LogP contribution in [-0.2, 0) is 10.0 Å². The van der Waals surface area contributed by atoms with E-state index < -0.39 is 15.3 Å². The van der Waals surface area contributed by atoms with Gasteiger partial charge in [-0.2, -0.15) is 0 Å². The molecule has 0 N–H and O–H groups in total. The smallest absolute Gasteiger partial charge is 0.249 e. The summed E-state index contributed by atoms with van der Waals surface area (Å²) in [6.07, 6.45) is 6.36. The van der Waals surface area contributed by atoms with Crippen molar-refractivity contribution in [1.82, 2.24) is 8.54 Å². The summed E-state index contributed by atoms with van der Waals surface area (Å²) >= 11 is 0. The molecule has 0 spiro atoms. The minimum absolute atomic E-state index is 0.448. The van der Waals surface area contributed by atoms with E-state index in [4.69, 9.17) is 0 Å². The fourth-order valence-electron chi connectivity index (χ4n) is 6.33. The van der Waals surface area contributed by atoms with Gasteiger partial charge in [0, 0.05) is 22.0 Å². The molecule has 0 saturated carbocycles. The molecule has 0 fully saturated rings. The Hall–Kier alpha value is -4.61. The number of aromatic nitrogens is 2. The molecule has 2 aromatic heterocycles. The van der Waals surface area contributed by atoms with E-state index in [0.29, 0.717) is 12.1 Å².